The Kier molecular flexibility index (Phi) is 8.88. The molecule has 136 valence electrons. The maximum Gasteiger partial charge on any atom is 0.220 e. The summed E-state index contributed by atoms with van der Waals surface area (Å²) in [6.07, 6.45) is 0.188. The monoisotopic (exact) mass is 335 g/mol. The van der Waals surface area contributed by atoms with Crippen molar-refractivity contribution in [3.63, 3.8) is 0 Å². The maximum absolute atomic E-state index is 10.8. The first-order valence-electron chi connectivity index (χ1n) is 7.73. The molecule has 0 radical (unpaired) electrons. The molecule has 1 aliphatic heterocycles. The number of hydrogen-bond acceptors (Lipinski definition) is 8. The van der Waals surface area contributed by atoms with Crippen LogP contribution in [0.15, 0.2) is 0 Å². The lowest BCUT2D eigenvalue weighted by molar-refractivity contribution is -0.484. The Hall–Kier alpha value is -0.840. The van der Waals surface area contributed by atoms with E-state index in [-0.39, 0.29) is 41.8 Å². The van der Waals surface area contributed by atoms with Crippen molar-refractivity contribution in [2.45, 2.75) is 43.7 Å². The minimum Gasteiger partial charge on any atom is -0.383 e. The van der Waals surface area contributed by atoms with Crippen molar-refractivity contribution < 1.29 is 23.9 Å². The quantitative estimate of drug-likeness (QED) is 0.414. The van der Waals surface area contributed by atoms with Gasteiger partial charge in [0.1, 0.15) is 12.2 Å². The second-order valence-electron chi connectivity index (χ2n) is 5.60. The molecule has 1 saturated heterocycles. The molecule has 23 heavy (non-hydrogen) atoms. The smallest absolute Gasteiger partial charge is 0.220 e. The number of ether oxygens (including phenoxy) is 4. The highest BCUT2D eigenvalue weighted by Crippen LogP contribution is 2.28. The first kappa shape index (κ1) is 20.2. The van der Waals surface area contributed by atoms with Crippen LogP contribution in [0.5, 0.6) is 0 Å². The van der Waals surface area contributed by atoms with Gasteiger partial charge in [0.05, 0.1) is 31.3 Å². The Labute approximate surface area is 137 Å². The average molecular weight is 335 g/mol. The van der Waals surface area contributed by atoms with Crippen LogP contribution in [0.25, 0.3) is 0 Å². The van der Waals surface area contributed by atoms with Crippen LogP contribution in [0, 0.1) is 10.1 Å². The summed E-state index contributed by atoms with van der Waals surface area (Å²) < 4.78 is 21.8. The van der Waals surface area contributed by atoms with Crippen LogP contribution in [0.4, 0.5) is 0 Å². The van der Waals surface area contributed by atoms with Gasteiger partial charge in [-0.25, -0.2) is 10.4 Å². The van der Waals surface area contributed by atoms with Crippen molar-refractivity contribution in [2.75, 3.05) is 48.2 Å². The molecule has 0 saturated carbocycles. The van der Waals surface area contributed by atoms with Crippen molar-refractivity contribution in [1.29, 1.82) is 0 Å². The third kappa shape index (κ3) is 5.07. The average Bonchev–Trinajstić information content (AvgIpc) is 2.79. The third-order valence-corrected chi connectivity index (χ3v) is 4.21. The van der Waals surface area contributed by atoms with E-state index >= 15 is 0 Å². The van der Waals surface area contributed by atoms with Gasteiger partial charge in [0, 0.05) is 33.4 Å². The summed E-state index contributed by atoms with van der Waals surface area (Å²) in [7, 11) is 6.48. The van der Waals surface area contributed by atoms with Gasteiger partial charge < -0.3 is 18.9 Å². The van der Waals surface area contributed by atoms with E-state index in [1.807, 2.05) is 11.9 Å². The van der Waals surface area contributed by atoms with Crippen molar-refractivity contribution in [3.8, 4) is 0 Å². The fourth-order valence-electron chi connectivity index (χ4n) is 3.12. The van der Waals surface area contributed by atoms with Crippen LogP contribution in [-0.4, -0.2) is 88.5 Å². The van der Waals surface area contributed by atoms with Gasteiger partial charge >= 0.3 is 0 Å². The summed E-state index contributed by atoms with van der Waals surface area (Å²) in [5.41, 5.74) is 3.27. The SMILES string of the molecule is CC[C@@H](C[N+](=O)[O-])NN1[C@@H](COC)[C@@H](OC)[C@H](OC)[C@@H]1COC. The predicted octanol–water partition coefficient (Wildman–Crippen LogP) is -0.0781. The van der Waals surface area contributed by atoms with Gasteiger partial charge in [-0.2, -0.15) is 0 Å². The summed E-state index contributed by atoms with van der Waals surface area (Å²) in [5, 5.41) is 12.8. The van der Waals surface area contributed by atoms with Gasteiger partial charge in [0.2, 0.25) is 6.54 Å². The van der Waals surface area contributed by atoms with Crippen LogP contribution >= 0.6 is 0 Å². The molecule has 1 heterocycles. The number of rotatable bonds is 11. The Morgan fingerprint density at radius 2 is 1.57 bits per heavy atom. The van der Waals surface area contributed by atoms with Crippen LogP contribution in [0.3, 0.4) is 0 Å². The highest BCUT2D eigenvalue weighted by molar-refractivity contribution is 5.01. The number of methoxy groups -OCH3 is 4. The Morgan fingerprint density at radius 1 is 1.09 bits per heavy atom. The number of nitro groups is 1. The number of hydrazine groups is 1. The second-order valence-corrected chi connectivity index (χ2v) is 5.60. The molecule has 0 aliphatic carbocycles. The lowest BCUT2D eigenvalue weighted by atomic mass is 10.1. The Morgan fingerprint density at radius 3 is 1.87 bits per heavy atom. The van der Waals surface area contributed by atoms with E-state index < -0.39 is 0 Å². The summed E-state index contributed by atoms with van der Waals surface area (Å²) in [6, 6.07) is -0.538. The lowest BCUT2D eigenvalue weighted by Gasteiger charge is -2.33. The molecule has 0 unspecified atom stereocenters. The van der Waals surface area contributed by atoms with Crippen molar-refractivity contribution in [2.24, 2.45) is 0 Å². The zero-order valence-electron chi connectivity index (χ0n) is 14.6. The first-order valence-corrected chi connectivity index (χ1v) is 7.73. The fourth-order valence-corrected chi connectivity index (χ4v) is 3.12. The highest BCUT2D eigenvalue weighted by Gasteiger charge is 2.50. The predicted molar refractivity (Wildman–Crippen MR) is 83.8 cm³/mol. The van der Waals surface area contributed by atoms with Gasteiger partial charge in [-0.15, -0.1) is 0 Å². The molecule has 0 aromatic rings. The van der Waals surface area contributed by atoms with Crippen molar-refractivity contribution >= 4 is 0 Å². The molecule has 0 spiro atoms. The van der Waals surface area contributed by atoms with E-state index in [2.05, 4.69) is 5.43 Å². The molecule has 9 nitrogen and oxygen atoms in total. The Bertz CT molecular complexity index is 339. The molecule has 0 bridgehead atoms. The van der Waals surface area contributed by atoms with E-state index in [1.165, 1.54) is 0 Å². The lowest BCUT2D eigenvalue weighted by Crippen LogP contribution is -2.56. The normalized spacial score (nSPS) is 29.8. The minimum atomic E-state index is -0.310. The van der Waals surface area contributed by atoms with Gasteiger partial charge in [-0.05, 0) is 6.42 Å². The molecule has 1 N–H and O–H groups in total. The molecule has 0 aromatic carbocycles. The van der Waals surface area contributed by atoms with E-state index in [4.69, 9.17) is 18.9 Å². The summed E-state index contributed by atoms with van der Waals surface area (Å²) in [6.45, 7) is 2.60. The zero-order valence-corrected chi connectivity index (χ0v) is 14.6. The van der Waals surface area contributed by atoms with Gasteiger partial charge in [0.15, 0.2) is 0 Å². The first-order chi connectivity index (χ1) is 11.0. The van der Waals surface area contributed by atoms with E-state index in [0.717, 1.165) is 0 Å². The zero-order chi connectivity index (χ0) is 17.4. The molecule has 1 rings (SSSR count). The van der Waals surface area contributed by atoms with Gasteiger partial charge in [-0.3, -0.25) is 10.1 Å². The summed E-state index contributed by atoms with van der Waals surface area (Å²) >= 11 is 0. The molecule has 0 aromatic heterocycles. The summed E-state index contributed by atoms with van der Waals surface area (Å²) in [4.78, 5) is 10.5. The van der Waals surface area contributed by atoms with E-state index in [1.54, 1.807) is 28.4 Å². The fraction of sp³-hybridized carbons (Fsp3) is 1.00. The number of nitrogens with one attached hydrogen (secondary N) is 1. The molecule has 1 aliphatic rings. The number of hydrogen-bond donors (Lipinski definition) is 1. The van der Waals surface area contributed by atoms with Crippen LogP contribution in [0.2, 0.25) is 0 Å². The second kappa shape index (κ2) is 10.1. The van der Waals surface area contributed by atoms with Crippen LogP contribution < -0.4 is 5.43 Å². The van der Waals surface area contributed by atoms with Gasteiger partial charge in [0.25, 0.3) is 0 Å². The largest absolute Gasteiger partial charge is 0.383 e. The minimum absolute atomic E-state index is 0.129. The Balaban J connectivity index is 3.00. The molecule has 1 fully saturated rings. The molecule has 5 atom stereocenters. The molecule has 9 heteroatoms. The van der Waals surface area contributed by atoms with E-state index in [9.17, 15) is 10.1 Å². The summed E-state index contributed by atoms with van der Waals surface area (Å²) in [5.74, 6) is 0. The topological polar surface area (TPSA) is 95.3 Å². The third-order valence-electron chi connectivity index (χ3n) is 4.21. The molecular formula is C14H29N3O6. The van der Waals surface area contributed by atoms with Crippen molar-refractivity contribution in [1.82, 2.24) is 10.4 Å². The van der Waals surface area contributed by atoms with Crippen LogP contribution in [0.1, 0.15) is 13.3 Å². The molecular weight excluding hydrogens is 306 g/mol. The highest BCUT2D eigenvalue weighted by atomic mass is 16.6. The van der Waals surface area contributed by atoms with Gasteiger partial charge in [-0.1, -0.05) is 6.92 Å². The number of nitrogens with zero attached hydrogens (tertiary/aromatic N) is 2. The van der Waals surface area contributed by atoms with E-state index in [0.29, 0.717) is 19.6 Å². The standard InChI is InChI=1S/C14H29N3O6/c1-6-10(7-16(18)19)15-17-11(8-20-2)13(22-4)14(23-5)12(17)9-21-3/h10-15H,6-9H2,1-5H3/t10-,11-,12-,13+,14+/m0/s1. The van der Waals surface area contributed by atoms with Crippen molar-refractivity contribution in [3.05, 3.63) is 10.1 Å². The maximum atomic E-state index is 10.8. The van der Waals surface area contributed by atoms with Crippen LogP contribution in [-0.2, 0) is 18.9 Å². The molecule has 0 amide bonds.